The molecule has 0 aromatic heterocycles. The molecule has 1 aromatic rings. The molecule has 1 heterocycles. The molecule has 1 aliphatic rings. The summed E-state index contributed by atoms with van der Waals surface area (Å²) in [5, 5.41) is 0. The molecule has 25 heavy (non-hydrogen) atoms. The number of rotatable bonds is 6. The Labute approximate surface area is 157 Å². The summed E-state index contributed by atoms with van der Waals surface area (Å²) in [4.78, 5) is 0. The van der Waals surface area contributed by atoms with Crippen LogP contribution in [0.5, 0.6) is 0 Å². The summed E-state index contributed by atoms with van der Waals surface area (Å²) in [5.74, 6) is -0.436. The van der Waals surface area contributed by atoms with Crippen LogP contribution in [0.2, 0.25) is 0 Å². The van der Waals surface area contributed by atoms with Gasteiger partial charge in [-0.1, -0.05) is 15.9 Å². The van der Waals surface area contributed by atoms with Crippen LogP contribution in [0.15, 0.2) is 28.4 Å². The van der Waals surface area contributed by atoms with E-state index >= 15 is 4.39 Å². The Morgan fingerprint density at radius 3 is 2.36 bits per heavy atom. The van der Waals surface area contributed by atoms with E-state index in [1.54, 1.807) is 6.07 Å². The molecule has 0 N–H and O–H groups in total. The van der Waals surface area contributed by atoms with Gasteiger partial charge in [0.1, 0.15) is 11.5 Å². The molecule has 0 radical (unpaired) electrons. The summed E-state index contributed by atoms with van der Waals surface area (Å²) >= 11 is 3.37. The fourth-order valence-electron chi connectivity index (χ4n) is 2.52. The zero-order chi connectivity index (χ0) is 18.8. The van der Waals surface area contributed by atoms with E-state index in [-0.39, 0.29) is 6.42 Å². The van der Waals surface area contributed by atoms with Gasteiger partial charge in [-0.2, -0.15) is 0 Å². The lowest BCUT2D eigenvalue weighted by Gasteiger charge is -2.32. The van der Waals surface area contributed by atoms with Crippen LogP contribution in [0, 0.1) is 5.82 Å². The highest BCUT2D eigenvalue weighted by atomic mass is 79.9. The molecule has 138 valence electrons. The molecule has 0 amide bonds. The van der Waals surface area contributed by atoms with E-state index in [0.29, 0.717) is 28.8 Å². The van der Waals surface area contributed by atoms with Gasteiger partial charge in [0, 0.05) is 11.1 Å². The van der Waals surface area contributed by atoms with Gasteiger partial charge in [0.2, 0.25) is 0 Å². The Bertz CT molecular complexity index is 646. The van der Waals surface area contributed by atoms with Crippen molar-refractivity contribution in [3.05, 3.63) is 39.8 Å². The number of hydrogen-bond donors (Lipinski definition) is 0. The van der Waals surface area contributed by atoms with Crippen LogP contribution in [0.1, 0.15) is 46.6 Å². The normalized spacial score (nSPS) is 19.9. The van der Waals surface area contributed by atoms with Crippen LogP contribution in [-0.4, -0.2) is 31.5 Å². The predicted octanol–water partition coefficient (Wildman–Crippen LogP) is 5.33. The molecule has 1 fully saturated rings. The summed E-state index contributed by atoms with van der Waals surface area (Å²) in [6.45, 7) is 10.1. The Morgan fingerprint density at radius 1 is 1.20 bits per heavy atom. The lowest BCUT2D eigenvalue weighted by molar-refractivity contribution is 0.00578. The molecule has 1 saturated heterocycles. The van der Waals surface area contributed by atoms with Crippen LogP contribution in [-0.2, 0) is 14.0 Å². The second-order valence-corrected chi connectivity index (χ2v) is 7.84. The maximum Gasteiger partial charge on any atom is 0.525 e. The number of benzene rings is 1. The summed E-state index contributed by atoms with van der Waals surface area (Å²) < 4.78 is 46.6. The topological polar surface area (TPSA) is 27.7 Å². The van der Waals surface area contributed by atoms with Crippen LogP contribution in [0.3, 0.4) is 0 Å². The van der Waals surface area contributed by atoms with Crippen LogP contribution >= 0.6 is 15.9 Å². The SMILES string of the molecule is CCOCCC(=C(F)B1OC(C)(C)C(C)(C)O1)c1cc(F)ccc1Br. The number of halogens is 3. The van der Waals surface area contributed by atoms with Gasteiger partial charge >= 0.3 is 7.12 Å². The lowest BCUT2D eigenvalue weighted by Crippen LogP contribution is -2.41. The van der Waals surface area contributed by atoms with Crippen molar-refractivity contribution in [2.45, 2.75) is 52.2 Å². The first-order valence-electron chi connectivity index (χ1n) is 8.36. The molecule has 0 bridgehead atoms. The van der Waals surface area contributed by atoms with Crippen molar-refractivity contribution in [3.63, 3.8) is 0 Å². The molecule has 3 nitrogen and oxygen atoms in total. The van der Waals surface area contributed by atoms with E-state index < -0.39 is 29.9 Å². The zero-order valence-electron chi connectivity index (χ0n) is 15.3. The summed E-state index contributed by atoms with van der Waals surface area (Å²) in [6.07, 6.45) is 0.284. The predicted molar refractivity (Wildman–Crippen MR) is 99.3 cm³/mol. The van der Waals surface area contributed by atoms with Crippen molar-refractivity contribution in [1.29, 1.82) is 0 Å². The minimum atomic E-state index is -1.13. The van der Waals surface area contributed by atoms with Gasteiger partial charge in [0.05, 0.1) is 17.8 Å². The second kappa shape index (κ2) is 7.86. The highest BCUT2D eigenvalue weighted by Gasteiger charge is 2.53. The van der Waals surface area contributed by atoms with Gasteiger partial charge in [-0.3, -0.25) is 0 Å². The van der Waals surface area contributed by atoms with E-state index in [2.05, 4.69) is 15.9 Å². The maximum atomic E-state index is 15.3. The van der Waals surface area contributed by atoms with Crippen molar-refractivity contribution >= 4 is 28.6 Å². The van der Waals surface area contributed by atoms with E-state index in [9.17, 15) is 4.39 Å². The van der Waals surface area contributed by atoms with Gasteiger partial charge in [-0.25, -0.2) is 8.78 Å². The fraction of sp³-hybridized carbons (Fsp3) is 0.556. The largest absolute Gasteiger partial charge is 0.525 e. The third-order valence-electron chi connectivity index (χ3n) is 4.70. The van der Waals surface area contributed by atoms with Gasteiger partial charge in [0.25, 0.3) is 0 Å². The van der Waals surface area contributed by atoms with Crippen molar-refractivity contribution in [3.8, 4) is 0 Å². The Hall–Kier alpha value is -0.755. The third kappa shape index (κ3) is 4.51. The van der Waals surface area contributed by atoms with E-state index in [1.165, 1.54) is 12.1 Å². The number of ether oxygens (including phenoxy) is 1. The first-order chi connectivity index (χ1) is 11.6. The third-order valence-corrected chi connectivity index (χ3v) is 5.39. The van der Waals surface area contributed by atoms with Crippen molar-refractivity contribution in [1.82, 2.24) is 0 Å². The lowest BCUT2D eigenvalue weighted by atomic mass is 9.82. The highest BCUT2D eigenvalue weighted by Crippen LogP contribution is 2.41. The average molecular weight is 417 g/mol. The summed E-state index contributed by atoms with van der Waals surface area (Å²) in [5.41, 5.74) is -1.10. The van der Waals surface area contributed by atoms with Crippen LogP contribution in [0.25, 0.3) is 5.57 Å². The molecule has 0 atom stereocenters. The molecule has 0 unspecified atom stereocenters. The molecule has 1 aliphatic heterocycles. The quantitative estimate of drug-likeness (QED) is 0.463. The fourth-order valence-corrected chi connectivity index (χ4v) is 3.00. The Balaban J connectivity index is 2.43. The zero-order valence-corrected chi connectivity index (χ0v) is 16.9. The average Bonchev–Trinajstić information content (AvgIpc) is 2.74. The van der Waals surface area contributed by atoms with E-state index in [4.69, 9.17) is 14.0 Å². The summed E-state index contributed by atoms with van der Waals surface area (Å²) in [7, 11) is -1.13. The van der Waals surface area contributed by atoms with Gasteiger partial charge in [-0.15, -0.1) is 0 Å². The van der Waals surface area contributed by atoms with Gasteiger partial charge in [-0.05, 0) is 70.4 Å². The minimum Gasteiger partial charge on any atom is -0.398 e. The van der Waals surface area contributed by atoms with Crippen molar-refractivity contribution in [2.75, 3.05) is 13.2 Å². The van der Waals surface area contributed by atoms with E-state index in [0.717, 1.165) is 0 Å². The molecular formula is C18H24BBrF2O3. The van der Waals surface area contributed by atoms with Crippen LogP contribution < -0.4 is 0 Å². The molecule has 0 aliphatic carbocycles. The minimum absolute atomic E-state index is 0.284. The Morgan fingerprint density at radius 2 is 1.80 bits per heavy atom. The standard InChI is InChI=1S/C18H24BBrF2O3/c1-6-23-10-9-13(14-11-12(21)7-8-15(14)20)16(22)19-24-17(2,3)18(4,5)25-19/h7-8,11H,6,9-10H2,1-5H3. The Kier molecular flexibility index (Phi) is 6.47. The molecule has 1 aromatic carbocycles. The molecule has 2 rings (SSSR count). The van der Waals surface area contributed by atoms with Gasteiger partial charge in [0.15, 0.2) is 0 Å². The molecule has 0 spiro atoms. The van der Waals surface area contributed by atoms with E-state index in [1.807, 2.05) is 34.6 Å². The van der Waals surface area contributed by atoms with Gasteiger partial charge < -0.3 is 14.0 Å². The first-order valence-corrected chi connectivity index (χ1v) is 9.15. The maximum absolute atomic E-state index is 15.3. The monoisotopic (exact) mass is 416 g/mol. The number of hydrogen-bond acceptors (Lipinski definition) is 3. The van der Waals surface area contributed by atoms with Crippen molar-refractivity contribution in [2.24, 2.45) is 0 Å². The smallest absolute Gasteiger partial charge is 0.398 e. The summed E-state index contributed by atoms with van der Waals surface area (Å²) in [6, 6.07) is 4.18. The van der Waals surface area contributed by atoms with Crippen molar-refractivity contribution < 1.29 is 22.8 Å². The molecule has 0 saturated carbocycles. The molecular weight excluding hydrogens is 393 g/mol. The molecule has 7 heteroatoms. The highest BCUT2D eigenvalue weighted by molar-refractivity contribution is 9.10. The van der Waals surface area contributed by atoms with Crippen LogP contribution in [0.4, 0.5) is 8.78 Å². The second-order valence-electron chi connectivity index (χ2n) is 6.99. The first kappa shape index (κ1) is 20.6.